The topological polar surface area (TPSA) is 84.3 Å². The lowest BCUT2D eigenvalue weighted by Gasteiger charge is -2.07. The molecule has 108 valence electrons. The average Bonchev–Trinajstić information content (AvgIpc) is 2.49. The minimum absolute atomic E-state index is 0.0635. The molecule has 2 rings (SSSR count). The van der Waals surface area contributed by atoms with E-state index >= 15 is 0 Å². The summed E-state index contributed by atoms with van der Waals surface area (Å²) in [6, 6.07) is 15.2. The summed E-state index contributed by atoms with van der Waals surface area (Å²) in [6.07, 6.45) is 0.611. The largest absolute Gasteiger partial charge is 0.338 e. The Morgan fingerprint density at radius 1 is 1.05 bits per heavy atom. The zero-order valence-corrected chi connectivity index (χ0v) is 11.3. The zero-order chi connectivity index (χ0) is 15.1. The van der Waals surface area contributed by atoms with Gasteiger partial charge in [0.25, 0.3) is 5.69 Å². The highest BCUT2D eigenvalue weighted by Crippen LogP contribution is 2.12. The third kappa shape index (κ3) is 4.61. The first-order valence-corrected chi connectivity index (χ1v) is 6.48. The van der Waals surface area contributed by atoms with Crippen molar-refractivity contribution in [2.24, 2.45) is 0 Å². The van der Waals surface area contributed by atoms with E-state index < -0.39 is 4.92 Å². The molecule has 2 aromatic carbocycles. The number of urea groups is 1. The number of nitro groups is 1. The predicted octanol–water partition coefficient (Wildman–Crippen LogP) is 2.96. The zero-order valence-electron chi connectivity index (χ0n) is 11.3. The maximum Gasteiger partial charge on any atom is 0.319 e. The third-order valence-corrected chi connectivity index (χ3v) is 2.88. The number of carbonyl (C=O) groups excluding carboxylic acids is 1. The van der Waals surface area contributed by atoms with Gasteiger partial charge < -0.3 is 10.6 Å². The number of benzene rings is 2. The SMILES string of the molecule is O=C(NCCc1ccc([N+](=O)[O-])cc1)Nc1ccccc1. The molecule has 0 saturated carbocycles. The molecule has 0 bridgehead atoms. The molecule has 0 aromatic heterocycles. The van der Waals surface area contributed by atoms with Crippen molar-refractivity contribution in [3.05, 3.63) is 70.3 Å². The molecule has 0 atom stereocenters. The van der Waals surface area contributed by atoms with Crippen LogP contribution in [0.25, 0.3) is 0 Å². The highest BCUT2D eigenvalue weighted by molar-refractivity contribution is 5.89. The number of nitrogens with one attached hydrogen (secondary N) is 2. The number of nitro benzene ring substituents is 1. The number of hydrogen-bond acceptors (Lipinski definition) is 3. The third-order valence-electron chi connectivity index (χ3n) is 2.88. The molecule has 6 heteroatoms. The van der Waals surface area contributed by atoms with Gasteiger partial charge in [0.1, 0.15) is 0 Å². The number of non-ortho nitro benzene ring substituents is 1. The Bertz CT molecular complexity index is 612. The van der Waals surface area contributed by atoms with Gasteiger partial charge >= 0.3 is 6.03 Å². The maximum absolute atomic E-state index is 11.6. The van der Waals surface area contributed by atoms with Crippen LogP contribution in [0.5, 0.6) is 0 Å². The van der Waals surface area contributed by atoms with Crippen molar-refractivity contribution < 1.29 is 9.72 Å². The van der Waals surface area contributed by atoms with E-state index in [9.17, 15) is 14.9 Å². The van der Waals surface area contributed by atoms with E-state index in [2.05, 4.69) is 10.6 Å². The van der Waals surface area contributed by atoms with E-state index in [-0.39, 0.29) is 11.7 Å². The van der Waals surface area contributed by atoms with Crippen LogP contribution < -0.4 is 10.6 Å². The molecule has 6 nitrogen and oxygen atoms in total. The number of anilines is 1. The van der Waals surface area contributed by atoms with Crippen LogP contribution in [0, 0.1) is 10.1 Å². The molecule has 0 aliphatic heterocycles. The molecule has 0 aliphatic carbocycles. The van der Waals surface area contributed by atoms with E-state index in [1.807, 2.05) is 18.2 Å². The Balaban J connectivity index is 1.76. The lowest BCUT2D eigenvalue weighted by molar-refractivity contribution is -0.384. The minimum atomic E-state index is -0.435. The lowest BCUT2D eigenvalue weighted by atomic mass is 10.1. The Kier molecular flexibility index (Phi) is 4.87. The number of rotatable bonds is 5. The first-order valence-electron chi connectivity index (χ1n) is 6.48. The predicted molar refractivity (Wildman–Crippen MR) is 80.3 cm³/mol. The summed E-state index contributed by atoms with van der Waals surface area (Å²) < 4.78 is 0. The van der Waals surface area contributed by atoms with Gasteiger partial charge in [0.2, 0.25) is 0 Å². The van der Waals surface area contributed by atoms with Crippen LogP contribution in [0.3, 0.4) is 0 Å². The van der Waals surface area contributed by atoms with Crippen LogP contribution in [-0.4, -0.2) is 17.5 Å². The van der Waals surface area contributed by atoms with Crippen molar-refractivity contribution in [2.75, 3.05) is 11.9 Å². The van der Waals surface area contributed by atoms with Crippen molar-refractivity contribution in [1.82, 2.24) is 5.32 Å². The summed E-state index contributed by atoms with van der Waals surface area (Å²) in [5, 5.41) is 16.0. The molecule has 0 spiro atoms. The van der Waals surface area contributed by atoms with E-state index in [0.29, 0.717) is 13.0 Å². The van der Waals surface area contributed by atoms with Crippen molar-refractivity contribution in [3.63, 3.8) is 0 Å². The summed E-state index contributed by atoms with van der Waals surface area (Å²) in [6.45, 7) is 0.455. The van der Waals surface area contributed by atoms with Crippen LogP contribution in [0.1, 0.15) is 5.56 Å². The number of carbonyl (C=O) groups is 1. The van der Waals surface area contributed by atoms with Gasteiger partial charge in [0.05, 0.1) is 4.92 Å². The highest BCUT2D eigenvalue weighted by atomic mass is 16.6. The molecule has 0 heterocycles. The second-order valence-electron chi connectivity index (χ2n) is 4.42. The highest BCUT2D eigenvalue weighted by Gasteiger charge is 2.04. The lowest BCUT2D eigenvalue weighted by Crippen LogP contribution is -2.30. The molecule has 2 N–H and O–H groups in total. The quantitative estimate of drug-likeness (QED) is 0.654. The summed E-state index contributed by atoms with van der Waals surface area (Å²) in [7, 11) is 0. The molecule has 0 unspecified atom stereocenters. The molecular formula is C15H15N3O3. The first-order chi connectivity index (χ1) is 10.1. The van der Waals surface area contributed by atoms with Crippen LogP contribution >= 0.6 is 0 Å². The molecule has 21 heavy (non-hydrogen) atoms. The van der Waals surface area contributed by atoms with E-state index in [1.165, 1.54) is 12.1 Å². The molecule has 0 aliphatic rings. The van der Waals surface area contributed by atoms with Crippen LogP contribution in [-0.2, 0) is 6.42 Å². The van der Waals surface area contributed by atoms with Gasteiger partial charge in [0.15, 0.2) is 0 Å². The summed E-state index contributed by atoms with van der Waals surface area (Å²) in [5.41, 5.74) is 1.72. The molecular weight excluding hydrogens is 270 g/mol. The second-order valence-corrected chi connectivity index (χ2v) is 4.42. The number of amides is 2. The monoisotopic (exact) mass is 285 g/mol. The normalized spacial score (nSPS) is 9.90. The van der Waals surface area contributed by atoms with Gasteiger partial charge in [-0.3, -0.25) is 10.1 Å². The van der Waals surface area contributed by atoms with Gasteiger partial charge in [-0.05, 0) is 24.1 Å². The maximum atomic E-state index is 11.6. The molecule has 0 radical (unpaired) electrons. The summed E-state index contributed by atoms with van der Waals surface area (Å²) in [5.74, 6) is 0. The number of para-hydroxylation sites is 1. The van der Waals surface area contributed by atoms with E-state index in [0.717, 1.165) is 11.3 Å². The van der Waals surface area contributed by atoms with Crippen molar-refractivity contribution >= 4 is 17.4 Å². The van der Waals surface area contributed by atoms with Gasteiger partial charge in [-0.1, -0.05) is 30.3 Å². The molecule has 0 fully saturated rings. The fraction of sp³-hybridized carbons (Fsp3) is 0.133. The Labute approximate surface area is 121 Å². The summed E-state index contributed by atoms with van der Waals surface area (Å²) in [4.78, 5) is 21.7. The standard InChI is InChI=1S/C15H15N3O3/c19-15(17-13-4-2-1-3-5-13)16-11-10-12-6-8-14(9-7-12)18(20)21/h1-9H,10-11H2,(H2,16,17,19). The molecule has 2 amide bonds. The Hall–Kier alpha value is -2.89. The van der Waals surface area contributed by atoms with Gasteiger partial charge in [-0.15, -0.1) is 0 Å². The van der Waals surface area contributed by atoms with Gasteiger partial charge in [-0.2, -0.15) is 0 Å². The van der Waals surface area contributed by atoms with E-state index in [4.69, 9.17) is 0 Å². The van der Waals surface area contributed by atoms with Crippen molar-refractivity contribution in [2.45, 2.75) is 6.42 Å². The second kappa shape index (κ2) is 7.04. The van der Waals surface area contributed by atoms with Crippen molar-refractivity contribution in [1.29, 1.82) is 0 Å². The van der Waals surface area contributed by atoms with Gasteiger partial charge in [-0.25, -0.2) is 4.79 Å². The van der Waals surface area contributed by atoms with Crippen molar-refractivity contribution in [3.8, 4) is 0 Å². The number of nitrogens with zero attached hydrogens (tertiary/aromatic N) is 1. The first kappa shape index (κ1) is 14.5. The Morgan fingerprint density at radius 2 is 1.71 bits per heavy atom. The smallest absolute Gasteiger partial charge is 0.319 e. The van der Waals surface area contributed by atoms with Crippen LogP contribution in [0.2, 0.25) is 0 Å². The van der Waals surface area contributed by atoms with Crippen LogP contribution in [0.4, 0.5) is 16.2 Å². The molecule has 2 aromatic rings. The van der Waals surface area contributed by atoms with E-state index in [1.54, 1.807) is 24.3 Å². The van der Waals surface area contributed by atoms with Crippen LogP contribution in [0.15, 0.2) is 54.6 Å². The van der Waals surface area contributed by atoms with Gasteiger partial charge in [0, 0.05) is 24.4 Å². The fourth-order valence-corrected chi connectivity index (χ4v) is 1.80. The average molecular weight is 285 g/mol. The minimum Gasteiger partial charge on any atom is -0.338 e. The summed E-state index contributed by atoms with van der Waals surface area (Å²) >= 11 is 0. The molecule has 0 saturated heterocycles. The Morgan fingerprint density at radius 3 is 2.33 bits per heavy atom. The number of hydrogen-bond donors (Lipinski definition) is 2. The fourth-order valence-electron chi connectivity index (χ4n) is 1.80.